The van der Waals surface area contributed by atoms with Crippen molar-refractivity contribution in [3.63, 3.8) is 0 Å². The lowest BCUT2D eigenvalue weighted by atomic mass is 9.94. The zero-order valence-electron chi connectivity index (χ0n) is 30.1. The van der Waals surface area contributed by atoms with Crippen LogP contribution in [-0.4, -0.2) is 15.0 Å². The first-order valence-corrected chi connectivity index (χ1v) is 20.3. The Morgan fingerprint density at radius 1 is 0.268 bits per heavy atom. The first-order valence-electron chi connectivity index (χ1n) is 18.7. The number of thiophene rings is 2. The number of fused-ring (bicyclic) bond motifs is 6. The van der Waals surface area contributed by atoms with E-state index in [4.69, 9.17) is 15.0 Å². The normalized spacial score (nSPS) is 11.6. The van der Waals surface area contributed by atoms with Gasteiger partial charge in [-0.2, -0.15) is 0 Å². The van der Waals surface area contributed by atoms with E-state index in [0.717, 1.165) is 27.8 Å². The second kappa shape index (κ2) is 13.5. The van der Waals surface area contributed by atoms with E-state index in [2.05, 4.69) is 164 Å². The van der Waals surface area contributed by atoms with Crippen LogP contribution in [0.3, 0.4) is 0 Å². The van der Waals surface area contributed by atoms with Gasteiger partial charge in [-0.15, -0.1) is 22.7 Å². The molecule has 262 valence electrons. The Balaban J connectivity index is 1.02. The van der Waals surface area contributed by atoms with Gasteiger partial charge in [-0.1, -0.05) is 146 Å². The molecule has 0 fully saturated rings. The van der Waals surface area contributed by atoms with Gasteiger partial charge < -0.3 is 0 Å². The molecule has 3 heterocycles. The molecule has 0 aliphatic rings. The number of nitrogens with zero attached hydrogens (tertiary/aromatic N) is 3. The maximum atomic E-state index is 5.11. The van der Waals surface area contributed by atoms with Crippen LogP contribution in [0.2, 0.25) is 0 Å². The van der Waals surface area contributed by atoms with Crippen molar-refractivity contribution in [2.45, 2.75) is 0 Å². The fraction of sp³-hybridized carbons (Fsp3) is 0. The molecule has 11 aromatic rings. The molecule has 11 rings (SSSR count). The summed E-state index contributed by atoms with van der Waals surface area (Å²) in [7, 11) is 0. The summed E-state index contributed by atoms with van der Waals surface area (Å²) < 4.78 is 5.08. The molecule has 56 heavy (non-hydrogen) atoms. The molecule has 0 aliphatic heterocycles. The second-order valence-corrected chi connectivity index (χ2v) is 16.2. The first kappa shape index (κ1) is 32.6. The minimum absolute atomic E-state index is 0.651. The van der Waals surface area contributed by atoms with Crippen LogP contribution >= 0.6 is 22.7 Å². The maximum Gasteiger partial charge on any atom is 0.164 e. The van der Waals surface area contributed by atoms with Gasteiger partial charge in [0.2, 0.25) is 0 Å². The molecule has 8 aromatic carbocycles. The van der Waals surface area contributed by atoms with Crippen LogP contribution in [0, 0.1) is 0 Å². The van der Waals surface area contributed by atoms with E-state index in [0.29, 0.717) is 17.5 Å². The predicted molar refractivity (Wildman–Crippen MR) is 238 cm³/mol. The SMILES string of the molecule is c1ccc(-c2cccc(-c3nc(-c4ccccc4)nc(-c4ccc5c(c4)sc4ccc(-c6cc(-c7ccccc7)c7c(c6)sc6ccccc67)cc45)n3)c2)cc1. The van der Waals surface area contributed by atoms with Crippen LogP contribution in [-0.2, 0) is 0 Å². The average molecular weight is 750 g/mol. The quantitative estimate of drug-likeness (QED) is 0.170. The van der Waals surface area contributed by atoms with Gasteiger partial charge in [-0.05, 0) is 75.8 Å². The van der Waals surface area contributed by atoms with E-state index in [9.17, 15) is 0 Å². The Kier molecular flexibility index (Phi) is 7.87. The number of hydrogen-bond acceptors (Lipinski definition) is 5. The minimum Gasteiger partial charge on any atom is -0.208 e. The molecule has 5 heteroatoms. The van der Waals surface area contributed by atoms with Gasteiger partial charge in [-0.3, -0.25) is 0 Å². The van der Waals surface area contributed by atoms with Crippen LogP contribution in [0.15, 0.2) is 188 Å². The Hall–Kier alpha value is -6.79. The van der Waals surface area contributed by atoms with Crippen molar-refractivity contribution in [1.29, 1.82) is 0 Å². The van der Waals surface area contributed by atoms with E-state index in [1.165, 1.54) is 62.6 Å². The Bertz CT molecular complexity index is 3240. The summed E-state index contributed by atoms with van der Waals surface area (Å²) in [6.07, 6.45) is 0. The Morgan fingerprint density at radius 2 is 0.804 bits per heavy atom. The fourth-order valence-electron chi connectivity index (χ4n) is 7.78. The zero-order chi connectivity index (χ0) is 37.0. The molecule has 0 saturated heterocycles. The van der Waals surface area contributed by atoms with Crippen LogP contribution < -0.4 is 0 Å². The van der Waals surface area contributed by atoms with Crippen LogP contribution in [0.5, 0.6) is 0 Å². The maximum absolute atomic E-state index is 5.11. The molecule has 0 N–H and O–H groups in total. The van der Waals surface area contributed by atoms with Crippen LogP contribution in [0.25, 0.3) is 108 Å². The summed E-state index contributed by atoms with van der Waals surface area (Å²) in [4.78, 5) is 15.2. The van der Waals surface area contributed by atoms with Crippen molar-refractivity contribution >= 4 is 63.0 Å². The standard InChI is InChI=1S/C51H31N3S2/c1-4-13-32(14-5-1)35-19-12-20-37(27-35)50-52-49(34-17-8-3-9-18-34)53-51(54-50)38-23-25-40-43-28-36(24-26-45(43)55-46(40)30-38)39-29-42(33-15-6-2-7-16-33)48-41-21-10-11-22-44(41)56-47(48)31-39/h1-31H. The third kappa shape index (κ3) is 5.77. The molecule has 0 saturated carbocycles. The van der Waals surface area contributed by atoms with Gasteiger partial charge in [0.15, 0.2) is 17.5 Å². The largest absolute Gasteiger partial charge is 0.208 e. The van der Waals surface area contributed by atoms with E-state index in [1.54, 1.807) is 0 Å². The molecule has 0 radical (unpaired) electrons. The second-order valence-electron chi connectivity index (χ2n) is 14.0. The molecule has 0 amide bonds. The highest BCUT2D eigenvalue weighted by atomic mass is 32.1. The number of hydrogen-bond donors (Lipinski definition) is 0. The number of benzene rings is 8. The molecule has 0 spiro atoms. The van der Waals surface area contributed by atoms with E-state index < -0.39 is 0 Å². The Labute approximate surface area is 331 Å². The van der Waals surface area contributed by atoms with Crippen LogP contribution in [0.1, 0.15) is 0 Å². The van der Waals surface area contributed by atoms with Crippen molar-refractivity contribution in [2.24, 2.45) is 0 Å². The molecule has 0 bridgehead atoms. The summed E-state index contributed by atoms with van der Waals surface area (Å²) in [6.45, 7) is 0. The monoisotopic (exact) mass is 749 g/mol. The zero-order valence-corrected chi connectivity index (χ0v) is 31.7. The number of rotatable bonds is 6. The third-order valence-electron chi connectivity index (χ3n) is 10.5. The summed E-state index contributed by atoms with van der Waals surface area (Å²) in [5.41, 5.74) is 10.1. The van der Waals surface area contributed by atoms with Gasteiger partial charge in [0.25, 0.3) is 0 Å². The summed E-state index contributed by atoms with van der Waals surface area (Å²) >= 11 is 3.68. The smallest absolute Gasteiger partial charge is 0.164 e. The third-order valence-corrected chi connectivity index (χ3v) is 12.8. The van der Waals surface area contributed by atoms with Gasteiger partial charge in [0.1, 0.15) is 0 Å². The molecule has 3 nitrogen and oxygen atoms in total. The lowest BCUT2D eigenvalue weighted by Crippen LogP contribution is -2.00. The molecule has 0 atom stereocenters. The summed E-state index contributed by atoms with van der Waals surface area (Å²) in [5, 5.41) is 5.13. The molecule has 3 aromatic heterocycles. The highest BCUT2D eigenvalue weighted by molar-refractivity contribution is 7.26. The van der Waals surface area contributed by atoms with E-state index in [1.807, 2.05) is 46.9 Å². The van der Waals surface area contributed by atoms with Crippen molar-refractivity contribution in [3.8, 4) is 67.5 Å². The average Bonchev–Trinajstić information content (AvgIpc) is 3.84. The van der Waals surface area contributed by atoms with Crippen molar-refractivity contribution < 1.29 is 0 Å². The summed E-state index contributed by atoms with van der Waals surface area (Å²) in [5.74, 6) is 1.96. The first-order chi connectivity index (χ1) is 27.7. The van der Waals surface area contributed by atoms with Crippen molar-refractivity contribution in [2.75, 3.05) is 0 Å². The lowest BCUT2D eigenvalue weighted by Gasteiger charge is -2.10. The topological polar surface area (TPSA) is 38.7 Å². The van der Waals surface area contributed by atoms with Crippen molar-refractivity contribution in [1.82, 2.24) is 15.0 Å². The van der Waals surface area contributed by atoms with Gasteiger partial charge in [0, 0.05) is 57.0 Å². The van der Waals surface area contributed by atoms with Gasteiger partial charge in [0.05, 0.1) is 0 Å². The van der Waals surface area contributed by atoms with E-state index in [-0.39, 0.29) is 0 Å². The highest BCUT2D eigenvalue weighted by Crippen LogP contribution is 2.44. The Morgan fingerprint density at radius 3 is 1.57 bits per heavy atom. The fourth-order valence-corrected chi connectivity index (χ4v) is 10.1. The van der Waals surface area contributed by atoms with Crippen molar-refractivity contribution in [3.05, 3.63) is 188 Å². The molecule has 0 aliphatic carbocycles. The number of aromatic nitrogens is 3. The van der Waals surface area contributed by atoms with E-state index >= 15 is 0 Å². The summed E-state index contributed by atoms with van der Waals surface area (Å²) in [6, 6.07) is 66.9. The van der Waals surface area contributed by atoms with Gasteiger partial charge >= 0.3 is 0 Å². The molecule has 0 unspecified atom stereocenters. The lowest BCUT2D eigenvalue weighted by molar-refractivity contribution is 1.07. The minimum atomic E-state index is 0.651. The molecular formula is C51H31N3S2. The van der Waals surface area contributed by atoms with Gasteiger partial charge in [-0.25, -0.2) is 15.0 Å². The van der Waals surface area contributed by atoms with Crippen LogP contribution in [0.4, 0.5) is 0 Å². The predicted octanol–water partition coefficient (Wildman–Crippen LogP) is 14.6. The highest BCUT2D eigenvalue weighted by Gasteiger charge is 2.17. The molecular weight excluding hydrogens is 719 g/mol.